The summed E-state index contributed by atoms with van der Waals surface area (Å²) in [5.74, 6) is 0. The molecule has 74 valence electrons. The van der Waals surface area contributed by atoms with Crippen LogP contribution >= 0.6 is 0 Å². The lowest BCUT2D eigenvalue weighted by Crippen LogP contribution is -2.37. The van der Waals surface area contributed by atoms with Gasteiger partial charge in [0, 0.05) is 25.7 Å². The van der Waals surface area contributed by atoms with E-state index < -0.39 is 0 Å². The second kappa shape index (κ2) is 7.53. The molecule has 0 amide bonds. The summed E-state index contributed by atoms with van der Waals surface area (Å²) in [6, 6.07) is 0.512. The maximum absolute atomic E-state index is 5.33. The fourth-order valence-electron chi connectivity index (χ4n) is 0.924. The van der Waals surface area contributed by atoms with Crippen LogP contribution in [0, 0.1) is 0 Å². The largest absolute Gasteiger partial charge is 0.380 e. The van der Waals surface area contributed by atoms with Crippen LogP contribution in [0.15, 0.2) is 0 Å². The lowest BCUT2D eigenvalue weighted by molar-refractivity contribution is 0.0858. The third-order valence-electron chi connectivity index (χ3n) is 2.03. The quantitative estimate of drug-likeness (QED) is 0.610. The van der Waals surface area contributed by atoms with E-state index in [0.29, 0.717) is 6.04 Å². The van der Waals surface area contributed by atoms with E-state index in [0.717, 1.165) is 26.3 Å². The van der Waals surface area contributed by atoms with E-state index >= 15 is 0 Å². The fraction of sp³-hybridized carbons (Fsp3) is 1.00. The molecule has 1 unspecified atom stereocenters. The van der Waals surface area contributed by atoms with Gasteiger partial charge in [-0.2, -0.15) is 0 Å². The Hall–Kier alpha value is -0.120. The molecule has 3 heteroatoms. The minimum absolute atomic E-state index is 0.512. The minimum Gasteiger partial charge on any atom is -0.380 e. The van der Waals surface area contributed by atoms with Gasteiger partial charge in [-0.1, -0.05) is 0 Å². The Bertz CT molecular complexity index is 86.5. The first kappa shape index (κ1) is 11.9. The van der Waals surface area contributed by atoms with E-state index in [2.05, 4.69) is 24.2 Å². The summed E-state index contributed by atoms with van der Waals surface area (Å²) in [4.78, 5) is 2.30. The highest BCUT2D eigenvalue weighted by Crippen LogP contribution is 1.94. The summed E-state index contributed by atoms with van der Waals surface area (Å²) in [6.45, 7) is 7.96. The summed E-state index contributed by atoms with van der Waals surface area (Å²) in [6.07, 6.45) is 0. The number of nitrogens with zero attached hydrogens (tertiary/aromatic N) is 1. The zero-order chi connectivity index (χ0) is 9.40. The first-order chi connectivity index (χ1) is 5.72. The third-order valence-corrected chi connectivity index (χ3v) is 2.03. The van der Waals surface area contributed by atoms with Crippen molar-refractivity contribution in [2.75, 3.05) is 40.4 Å². The molecule has 0 spiro atoms. The molecule has 0 rings (SSSR count). The number of rotatable bonds is 7. The minimum atomic E-state index is 0.512. The van der Waals surface area contributed by atoms with Gasteiger partial charge in [-0.05, 0) is 27.9 Å². The van der Waals surface area contributed by atoms with E-state index in [1.807, 2.05) is 14.0 Å². The smallest absolute Gasteiger partial charge is 0.0618 e. The maximum atomic E-state index is 5.33. The van der Waals surface area contributed by atoms with E-state index in [-0.39, 0.29) is 0 Å². The highest BCUT2D eigenvalue weighted by Gasteiger charge is 2.07. The summed E-state index contributed by atoms with van der Waals surface area (Å²) in [5.41, 5.74) is 0. The van der Waals surface area contributed by atoms with Gasteiger partial charge in [0.25, 0.3) is 0 Å². The third kappa shape index (κ3) is 5.52. The summed E-state index contributed by atoms with van der Waals surface area (Å²) >= 11 is 0. The lowest BCUT2D eigenvalue weighted by Gasteiger charge is -2.24. The Morgan fingerprint density at radius 3 is 2.67 bits per heavy atom. The highest BCUT2D eigenvalue weighted by atomic mass is 16.5. The van der Waals surface area contributed by atoms with Crippen LogP contribution in [0.2, 0.25) is 0 Å². The summed E-state index contributed by atoms with van der Waals surface area (Å²) in [7, 11) is 4.10. The molecule has 0 aromatic heterocycles. The van der Waals surface area contributed by atoms with Crippen molar-refractivity contribution in [3.05, 3.63) is 0 Å². The predicted molar refractivity (Wildman–Crippen MR) is 52.5 cm³/mol. The molecule has 12 heavy (non-hydrogen) atoms. The van der Waals surface area contributed by atoms with Crippen molar-refractivity contribution < 1.29 is 4.74 Å². The molecule has 0 aromatic carbocycles. The number of nitrogens with one attached hydrogen (secondary N) is 1. The normalized spacial score (nSPS) is 13.8. The molecule has 3 nitrogen and oxygen atoms in total. The molecule has 0 aliphatic carbocycles. The molecule has 0 aromatic rings. The van der Waals surface area contributed by atoms with Crippen LogP contribution in [0.3, 0.4) is 0 Å². The van der Waals surface area contributed by atoms with Crippen molar-refractivity contribution in [1.82, 2.24) is 10.2 Å². The van der Waals surface area contributed by atoms with Crippen molar-refractivity contribution in [3.63, 3.8) is 0 Å². The van der Waals surface area contributed by atoms with Crippen LogP contribution in [-0.4, -0.2) is 51.3 Å². The van der Waals surface area contributed by atoms with Gasteiger partial charge in [0.15, 0.2) is 0 Å². The number of ether oxygens (including phenoxy) is 1. The average Bonchev–Trinajstić information content (AvgIpc) is 2.10. The van der Waals surface area contributed by atoms with Gasteiger partial charge in [-0.3, -0.25) is 0 Å². The number of hydrogen-bond donors (Lipinski definition) is 1. The fourth-order valence-corrected chi connectivity index (χ4v) is 0.924. The van der Waals surface area contributed by atoms with Crippen molar-refractivity contribution in [3.8, 4) is 0 Å². The molecule has 0 heterocycles. The van der Waals surface area contributed by atoms with E-state index in [4.69, 9.17) is 4.74 Å². The standard InChI is InChI=1S/C9H22N2O/c1-5-12-8-9(2)11(4)7-6-10-3/h9-10H,5-8H2,1-4H3. The van der Waals surface area contributed by atoms with E-state index in [9.17, 15) is 0 Å². The molecular formula is C9H22N2O. The zero-order valence-electron chi connectivity index (χ0n) is 8.76. The van der Waals surface area contributed by atoms with Crippen LogP contribution in [0.1, 0.15) is 13.8 Å². The van der Waals surface area contributed by atoms with Crippen molar-refractivity contribution >= 4 is 0 Å². The second-order valence-corrected chi connectivity index (χ2v) is 3.09. The molecule has 1 atom stereocenters. The molecule has 1 N–H and O–H groups in total. The van der Waals surface area contributed by atoms with E-state index in [1.165, 1.54) is 0 Å². The van der Waals surface area contributed by atoms with Crippen LogP contribution < -0.4 is 5.32 Å². The Morgan fingerprint density at radius 1 is 1.50 bits per heavy atom. The summed E-state index contributed by atoms with van der Waals surface area (Å²) < 4.78 is 5.33. The van der Waals surface area contributed by atoms with Gasteiger partial charge in [0.1, 0.15) is 0 Å². The Labute approximate surface area is 76.1 Å². The predicted octanol–water partition coefficient (Wildman–Crippen LogP) is 0.563. The average molecular weight is 174 g/mol. The first-order valence-corrected chi connectivity index (χ1v) is 4.65. The van der Waals surface area contributed by atoms with E-state index in [1.54, 1.807) is 0 Å². The maximum Gasteiger partial charge on any atom is 0.0618 e. The van der Waals surface area contributed by atoms with Crippen LogP contribution in [-0.2, 0) is 4.74 Å². The molecule has 0 bridgehead atoms. The molecular weight excluding hydrogens is 152 g/mol. The monoisotopic (exact) mass is 174 g/mol. The Kier molecular flexibility index (Phi) is 7.45. The van der Waals surface area contributed by atoms with Gasteiger partial charge in [0.05, 0.1) is 6.61 Å². The summed E-state index contributed by atoms with van der Waals surface area (Å²) in [5, 5.41) is 3.13. The molecule has 0 aliphatic heterocycles. The van der Waals surface area contributed by atoms with Gasteiger partial charge in [-0.15, -0.1) is 0 Å². The van der Waals surface area contributed by atoms with Gasteiger partial charge in [-0.25, -0.2) is 0 Å². The van der Waals surface area contributed by atoms with Gasteiger partial charge >= 0.3 is 0 Å². The first-order valence-electron chi connectivity index (χ1n) is 4.65. The van der Waals surface area contributed by atoms with Gasteiger partial charge in [0.2, 0.25) is 0 Å². The molecule has 0 saturated carbocycles. The zero-order valence-corrected chi connectivity index (χ0v) is 8.76. The lowest BCUT2D eigenvalue weighted by atomic mass is 10.3. The topological polar surface area (TPSA) is 24.5 Å². The molecule has 0 saturated heterocycles. The highest BCUT2D eigenvalue weighted by molar-refractivity contribution is 4.62. The molecule has 0 radical (unpaired) electrons. The SMILES string of the molecule is CCOCC(C)N(C)CCNC. The van der Waals surface area contributed by atoms with Crippen LogP contribution in [0.5, 0.6) is 0 Å². The van der Waals surface area contributed by atoms with Crippen LogP contribution in [0.4, 0.5) is 0 Å². The van der Waals surface area contributed by atoms with Crippen molar-refractivity contribution in [2.45, 2.75) is 19.9 Å². The Morgan fingerprint density at radius 2 is 2.17 bits per heavy atom. The van der Waals surface area contributed by atoms with Crippen LogP contribution in [0.25, 0.3) is 0 Å². The van der Waals surface area contributed by atoms with Crippen molar-refractivity contribution in [1.29, 1.82) is 0 Å². The molecule has 0 fully saturated rings. The van der Waals surface area contributed by atoms with Crippen molar-refractivity contribution in [2.24, 2.45) is 0 Å². The number of likely N-dealkylation sites (N-methyl/N-ethyl adjacent to an activating group) is 2. The molecule has 0 aliphatic rings. The van der Waals surface area contributed by atoms with Gasteiger partial charge < -0.3 is 15.0 Å². The number of hydrogen-bond acceptors (Lipinski definition) is 3. The second-order valence-electron chi connectivity index (χ2n) is 3.09. The Balaban J connectivity index is 3.39.